The number of hydrogen-bond donors (Lipinski definition) is 3. The van der Waals surface area contributed by atoms with E-state index in [1.165, 1.54) is 0 Å². The Morgan fingerprint density at radius 2 is 1.81 bits per heavy atom. The van der Waals surface area contributed by atoms with Gasteiger partial charge in [0, 0.05) is 47.4 Å². The Hall–Kier alpha value is -1.50. The van der Waals surface area contributed by atoms with Crippen LogP contribution in [0.2, 0.25) is 10.0 Å². The van der Waals surface area contributed by atoms with E-state index < -0.39 is 0 Å². The quantitative estimate of drug-likeness (QED) is 0.507. The summed E-state index contributed by atoms with van der Waals surface area (Å²) in [5, 5.41) is 16.4. The molecule has 3 N–H and O–H groups in total. The fourth-order valence-corrected chi connectivity index (χ4v) is 2.88. The van der Waals surface area contributed by atoms with Crippen LogP contribution in [0.25, 0.3) is 0 Å². The molecule has 0 fully saturated rings. The Bertz CT molecular complexity index is 698. The zero-order chi connectivity index (χ0) is 18.8. The lowest BCUT2D eigenvalue weighted by Gasteiger charge is -2.16. The number of para-hydroxylation sites is 1. The normalized spacial score (nSPS) is 10.8. The monoisotopic (exact) mass is 398 g/mol. The van der Waals surface area contributed by atoms with Gasteiger partial charge in [0.2, 0.25) is 0 Å². The third-order valence-corrected chi connectivity index (χ3v) is 4.34. The van der Waals surface area contributed by atoms with Crippen molar-refractivity contribution in [3.8, 4) is 11.5 Å². The third-order valence-electron chi connectivity index (χ3n) is 3.75. The molecule has 0 saturated heterocycles. The second-order valence-corrected chi connectivity index (χ2v) is 6.47. The number of methoxy groups -OCH3 is 1. The molecule has 0 amide bonds. The number of hydrogen-bond acceptors (Lipinski definition) is 5. The van der Waals surface area contributed by atoms with Crippen LogP contribution in [0.4, 0.5) is 0 Å². The van der Waals surface area contributed by atoms with Gasteiger partial charge in [-0.3, -0.25) is 0 Å². The van der Waals surface area contributed by atoms with E-state index in [9.17, 15) is 0 Å². The van der Waals surface area contributed by atoms with Gasteiger partial charge in [-0.2, -0.15) is 0 Å². The first-order chi connectivity index (χ1) is 12.7. The van der Waals surface area contributed by atoms with Gasteiger partial charge in [0.15, 0.2) is 11.5 Å². The molecule has 0 aromatic heterocycles. The summed E-state index contributed by atoms with van der Waals surface area (Å²) in [6.07, 6.45) is 0. The van der Waals surface area contributed by atoms with E-state index in [4.69, 9.17) is 37.8 Å². The van der Waals surface area contributed by atoms with Gasteiger partial charge in [0.25, 0.3) is 0 Å². The molecular formula is C19H24Cl2N2O3. The van der Waals surface area contributed by atoms with Crippen molar-refractivity contribution >= 4 is 23.2 Å². The maximum atomic E-state index is 8.75. The standard InChI is InChI=1S/C19H24Cl2N2O3/c1-25-18-4-2-3-14(12-23-8-7-22-9-10-24)19(18)26-13-15-5-6-16(20)11-17(15)21/h2-6,11,22-24H,7-10,12-13H2,1H3. The second kappa shape index (κ2) is 11.3. The van der Waals surface area contributed by atoms with Gasteiger partial charge in [-0.25, -0.2) is 0 Å². The fourth-order valence-electron chi connectivity index (χ4n) is 2.42. The zero-order valence-electron chi connectivity index (χ0n) is 14.7. The number of nitrogens with one attached hydrogen (secondary N) is 2. The lowest BCUT2D eigenvalue weighted by atomic mass is 10.1. The molecule has 2 aromatic rings. The first-order valence-electron chi connectivity index (χ1n) is 8.40. The molecule has 2 rings (SSSR count). The van der Waals surface area contributed by atoms with E-state index in [2.05, 4.69) is 10.6 Å². The number of benzene rings is 2. The zero-order valence-corrected chi connectivity index (χ0v) is 16.2. The number of aliphatic hydroxyl groups excluding tert-OH is 1. The summed E-state index contributed by atoms with van der Waals surface area (Å²) in [5.41, 5.74) is 1.85. The van der Waals surface area contributed by atoms with Crippen molar-refractivity contribution in [2.75, 3.05) is 33.4 Å². The van der Waals surface area contributed by atoms with Crippen LogP contribution in [-0.2, 0) is 13.2 Å². The van der Waals surface area contributed by atoms with Gasteiger partial charge in [-0.05, 0) is 18.2 Å². The van der Waals surface area contributed by atoms with E-state index in [-0.39, 0.29) is 6.61 Å². The van der Waals surface area contributed by atoms with Crippen molar-refractivity contribution in [1.82, 2.24) is 10.6 Å². The van der Waals surface area contributed by atoms with Crippen LogP contribution in [-0.4, -0.2) is 38.5 Å². The summed E-state index contributed by atoms with van der Waals surface area (Å²) in [6.45, 7) is 3.25. The molecule has 0 unspecified atom stereocenters. The van der Waals surface area contributed by atoms with Gasteiger partial charge >= 0.3 is 0 Å². The summed E-state index contributed by atoms with van der Waals surface area (Å²) < 4.78 is 11.5. The van der Waals surface area contributed by atoms with E-state index in [1.807, 2.05) is 24.3 Å². The van der Waals surface area contributed by atoms with Crippen LogP contribution in [0, 0.1) is 0 Å². The van der Waals surface area contributed by atoms with Crippen LogP contribution < -0.4 is 20.1 Å². The van der Waals surface area contributed by atoms with Crippen LogP contribution in [0.1, 0.15) is 11.1 Å². The largest absolute Gasteiger partial charge is 0.493 e. The van der Waals surface area contributed by atoms with Crippen molar-refractivity contribution in [2.24, 2.45) is 0 Å². The Morgan fingerprint density at radius 3 is 2.54 bits per heavy atom. The smallest absolute Gasteiger partial charge is 0.166 e. The summed E-state index contributed by atoms with van der Waals surface area (Å²) in [6, 6.07) is 11.1. The molecule has 2 aromatic carbocycles. The van der Waals surface area contributed by atoms with Crippen molar-refractivity contribution in [3.05, 3.63) is 57.6 Å². The molecule has 7 heteroatoms. The molecule has 0 aliphatic rings. The van der Waals surface area contributed by atoms with Gasteiger partial charge in [0.05, 0.1) is 13.7 Å². The fraction of sp³-hybridized carbons (Fsp3) is 0.368. The lowest BCUT2D eigenvalue weighted by molar-refractivity contribution is 0.280. The molecule has 26 heavy (non-hydrogen) atoms. The molecule has 0 radical (unpaired) electrons. The Morgan fingerprint density at radius 1 is 1.00 bits per heavy atom. The van der Waals surface area contributed by atoms with Crippen LogP contribution in [0.3, 0.4) is 0 Å². The van der Waals surface area contributed by atoms with E-state index >= 15 is 0 Å². The SMILES string of the molecule is COc1cccc(CNCCNCCO)c1OCc1ccc(Cl)cc1Cl. The maximum Gasteiger partial charge on any atom is 0.166 e. The molecule has 0 bridgehead atoms. The second-order valence-electron chi connectivity index (χ2n) is 5.62. The minimum atomic E-state index is 0.140. The Kier molecular flexibility index (Phi) is 9.01. The van der Waals surface area contributed by atoms with Crippen molar-refractivity contribution in [1.29, 1.82) is 0 Å². The molecule has 142 valence electrons. The van der Waals surface area contributed by atoms with E-state index in [0.717, 1.165) is 24.2 Å². The lowest BCUT2D eigenvalue weighted by Crippen LogP contribution is -2.28. The molecule has 0 saturated carbocycles. The van der Waals surface area contributed by atoms with Gasteiger partial charge in [-0.15, -0.1) is 0 Å². The predicted molar refractivity (Wildman–Crippen MR) is 105 cm³/mol. The summed E-state index contributed by atoms with van der Waals surface area (Å²) in [5.74, 6) is 1.37. The van der Waals surface area contributed by atoms with Crippen LogP contribution in [0.5, 0.6) is 11.5 Å². The summed E-state index contributed by atoms with van der Waals surface area (Å²) in [7, 11) is 1.62. The molecule has 5 nitrogen and oxygen atoms in total. The van der Waals surface area contributed by atoms with Crippen LogP contribution >= 0.6 is 23.2 Å². The van der Waals surface area contributed by atoms with Gasteiger partial charge < -0.3 is 25.2 Å². The highest BCUT2D eigenvalue weighted by atomic mass is 35.5. The predicted octanol–water partition coefficient (Wildman–Crippen LogP) is 3.25. The molecule has 0 aliphatic carbocycles. The highest BCUT2D eigenvalue weighted by Gasteiger charge is 2.12. The highest BCUT2D eigenvalue weighted by Crippen LogP contribution is 2.32. The van der Waals surface area contributed by atoms with Crippen LogP contribution in [0.15, 0.2) is 36.4 Å². The summed E-state index contributed by atoms with van der Waals surface area (Å²) in [4.78, 5) is 0. The van der Waals surface area contributed by atoms with Crippen molar-refractivity contribution in [3.63, 3.8) is 0 Å². The average Bonchev–Trinajstić information content (AvgIpc) is 2.64. The van der Waals surface area contributed by atoms with Gasteiger partial charge in [0.1, 0.15) is 6.61 Å². The molecule has 0 aliphatic heterocycles. The molecule has 0 heterocycles. The number of halogens is 2. The Labute approximate surface area is 164 Å². The number of ether oxygens (including phenoxy) is 2. The summed E-state index contributed by atoms with van der Waals surface area (Å²) >= 11 is 12.2. The number of rotatable bonds is 11. The minimum Gasteiger partial charge on any atom is -0.493 e. The van der Waals surface area contributed by atoms with E-state index in [0.29, 0.717) is 41.2 Å². The topological polar surface area (TPSA) is 62.8 Å². The molecular weight excluding hydrogens is 375 g/mol. The van der Waals surface area contributed by atoms with Crippen molar-refractivity contribution < 1.29 is 14.6 Å². The maximum absolute atomic E-state index is 8.75. The molecule has 0 spiro atoms. The van der Waals surface area contributed by atoms with Gasteiger partial charge in [-0.1, -0.05) is 41.4 Å². The Balaban J connectivity index is 2.01. The first kappa shape index (κ1) is 20.8. The highest BCUT2D eigenvalue weighted by molar-refractivity contribution is 6.35. The van der Waals surface area contributed by atoms with E-state index in [1.54, 1.807) is 19.2 Å². The number of aliphatic hydroxyl groups is 1. The average molecular weight is 399 g/mol. The minimum absolute atomic E-state index is 0.140. The van der Waals surface area contributed by atoms with Crippen molar-refractivity contribution in [2.45, 2.75) is 13.2 Å². The first-order valence-corrected chi connectivity index (χ1v) is 9.16. The molecule has 0 atom stereocenters. The third kappa shape index (κ3) is 6.34.